The number of methoxy groups -OCH3 is 1. The first-order chi connectivity index (χ1) is 11.5. The van der Waals surface area contributed by atoms with Gasteiger partial charge in [-0.05, 0) is 26.0 Å². The zero-order chi connectivity index (χ0) is 17.2. The summed E-state index contributed by atoms with van der Waals surface area (Å²) in [6, 6.07) is 8.18. The second kappa shape index (κ2) is 6.78. The molecule has 7 nitrogen and oxygen atoms in total. The van der Waals surface area contributed by atoms with Gasteiger partial charge in [0.05, 0.1) is 19.2 Å². The van der Waals surface area contributed by atoms with Gasteiger partial charge in [0.2, 0.25) is 5.89 Å². The van der Waals surface area contributed by atoms with E-state index in [2.05, 4.69) is 32.1 Å². The Hall–Kier alpha value is -2.12. The van der Waals surface area contributed by atoms with Crippen molar-refractivity contribution in [1.82, 2.24) is 15.0 Å². The number of nitrogens with two attached hydrogens (primary N) is 1. The van der Waals surface area contributed by atoms with E-state index in [0.717, 1.165) is 31.9 Å². The first kappa shape index (κ1) is 16.7. The molecule has 1 aliphatic rings. The van der Waals surface area contributed by atoms with Gasteiger partial charge in [-0.1, -0.05) is 11.2 Å². The molecule has 2 aromatic rings. The van der Waals surface area contributed by atoms with Gasteiger partial charge in [0.1, 0.15) is 5.75 Å². The number of hydrogen-bond donors (Lipinski definition) is 1. The quantitative estimate of drug-likeness (QED) is 0.891. The average Bonchev–Trinajstić information content (AvgIpc) is 3.04. The summed E-state index contributed by atoms with van der Waals surface area (Å²) in [7, 11) is 1.69. The monoisotopic (exact) mass is 331 g/mol. The molecule has 1 fully saturated rings. The molecule has 0 radical (unpaired) electrons. The molecule has 0 bridgehead atoms. The maximum Gasteiger partial charge on any atom is 0.240 e. The van der Waals surface area contributed by atoms with Crippen molar-refractivity contribution in [3.05, 3.63) is 36.0 Å². The highest BCUT2D eigenvalue weighted by Crippen LogP contribution is 2.22. The van der Waals surface area contributed by atoms with Crippen molar-refractivity contribution in [3.8, 4) is 5.75 Å². The highest BCUT2D eigenvalue weighted by atomic mass is 16.5. The second-order valence-electron chi connectivity index (χ2n) is 6.70. The van der Waals surface area contributed by atoms with Crippen molar-refractivity contribution in [1.29, 1.82) is 0 Å². The van der Waals surface area contributed by atoms with Gasteiger partial charge in [0, 0.05) is 37.9 Å². The molecule has 1 saturated heterocycles. The number of rotatable bonds is 5. The van der Waals surface area contributed by atoms with Gasteiger partial charge in [-0.25, -0.2) is 0 Å². The van der Waals surface area contributed by atoms with E-state index in [0.29, 0.717) is 18.3 Å². The van der Waals surface area contributed by atoms with Gasteiger partial charge in [-0.3, -0.25) is 4.90 Å². The number of anilines is 1. The van der Waals surface area contributed by atoms with E-state index < -0.39 is 5.54 Å². The molecule has 0 unspecified atom stereocenters. The van der Waals surface area contributed by atoms with Crippen molar-refractivity contribution >= 4 is 5.69 Å². The van der Waals surface area contributed by atoms with Crippen LogP contribution in [-0.2, 0) is 12.1 Å². The van der Waals surface area contributed by atoms with Gasteiger partial charge in [-0.15, -0.1) is 0 Å². The SMILES string of the molecule is COc1cccc(N2CCN(Cc3nc(C(C)(C)N)no3)CC2)c1. The van der Waals surface area contributed by atoms with Crippen LogP contribution in [0, 0.1) is 0 Å². The molecule has 3 rings (SSSR count). The molecule has 24 heavy (non-hydrogen) atoms. The lowest BCUT2D eigenvalue weighted by Crippen LogP contribution is -2.46. The summed E-state index contributed by atoms with van der Waals surface area (Å²) >= 11 is 0. The van der Waals surface area contributed by atoms with Crippen LogP contribution in [-0.4, -0.2) is 48.3 Å². The molecular weight excluding hydrogens is 306 g/mol. The predicted molar refractivity (Wildman–Crippen MR) is 92.0 cm³/mol. The summed E-state index contributed by atoms with van der Waals surface area (Å²) in [5.41, 5.74) is 6.61. The van der Waals surface area contributed by atoms with Gasteiger partial charge in [0.15, 0.2) is 5.82 Å². The molecule has 7 heteroatoms. The number of aromatic nitrogens is 2. The molecule has 2 N–H and O–H groups in total. The third-order valence-corrected chi connectivity index (χ3v) is 4.19. The van der Waals surface area contributed by atoms with Gasteiger partial charge in [0.25, 0.3) is 0 Å². The fourth-order valence-electron chi connectivity index (χ4n) is 2.74. The van der Waals surface area contributed by atoms with Crippen LogP contribution in [0.2, 0.25) is 0 Å². The molecule has 0 aliphatic carbocycles. The summed E-state index contributed by atoms with van der Waals surface area (Å²) in [5, 5.41) is 3.97. The Morgan fingerprint density at radius 1 is 1.25 bits per heavy atom. The Bertz CT molecular complexity index is 672. The molecule has 2 heterocycles. The predicted octanol–water partition coefficient (Wildman–Crippen LogP) is 1.59. The molecule has 130 valence electrons. The van der Waals surface area contributed by atoms with Crippen LogP contribution >= 0.6 is 0 Å². The number of nitrogens with zero attached hydrogens (tertiary/aromatic N) is 4. The summed E-state index contributed by atoms with van der Waals surface area (Å²) in [4.78, 5) is 9.08. The molecular formula is C17H25N5O2. The van der Waals surface area contributed by atoms with Crippen LogP contribution in [0.3, 0.4) is 0 Å². The molecule has 1 aromatic carbocycles. The molecule has 1 aliphatic heterocycles. The zero-order valence-corrected chi connectivity index (χ0v) is 14.5. The maximum absolute atomic E-state index is 5.99. The first-order valence-electron chi connectivity index (χ1n) is 8.19. The summed E-state index contributed by atoms with van der Waals surface area (Å²) in [6.07, 6.45) is 0. The summed E-state index contributed by atoms with van der Waals surface area (Å²) in [5.74, 6) is 2.06. The van der Waals surface area contributed by atoms with Crippen LogP contribution in [0.25, 0.3) is 0 Å². The Balaban J connectivity index is 1.56. The summed E-state index contributed by atoms with van der Waals surface area (Å²) in [6.45, 7) is 8.20. The lowest BCUT2D eigenvalue weighted by atomic mass is 10.1. The molecule has 0 amide bonds. The number of piperazine rings is 1. The average molecular weight is 331 g/mol. The Morgan fingerprint density at radius 3 is 2.62 bits per heavy atom. The normalized spacial score (nSPS) is 16.4. The standard InChI is InChI=1S/C17H25N5O2/c1-17(2,18)16-19-15(24-20-16)12-21-7-9-22(10-8-21)13-5-4-6-14(11-13)23-3/h4-6,11H,7-10,12,18H2,1-3H3. The van der Waals surface area contributed by atoms with Crippen molar-refractivity contribution < 1.29 is 9.26 Å². The van der Waals surface area contributed by atoms with E-state index in [-0.39, 0.29) is 0 Å². The number of hydrogen-bond acceptors (Lipinski definition) is 7. The van der Waals surface area contributed by atoms with E-state index in [1.165, 1.54) is 5.69 Å². The minimum atomic E-state index is -0.577. The molecule has 0 atom stereocenters. The van der Waals surface area contributed by atoms with Crippen molar-refractivity contribution in [2.75, 3.05) is 38.2 Å². The van der Waals surface area contributed by atoms with E-state index >= 15 is 0 Å². The van der Waals surface area contributed by atoms with Crippen LogP contribution in [0.4, 0.5) is 5.69 Å². The first-order valence-corrected chi connectivity index (χ1v) is 8.19. The highest BCUT2D eigenvalue weighted by Gasteiger charge is 2.24. The molecule has 1 aromatic heterocycles. The van der Waals surface area contributed by atoms with Crippen LogP contribution in [0.1, 0.15) is 25.6 Å². The van der Waals surface area contributed by atoms with E-state index in [1.54, 1.807) is 7.11 Å². The van der Waals surface area contributed by atoms with E-state index in [9.17, 15) is 0 Å². The van der Waals surface area contributed by atoms with Crippen LogP contribution < -0.4 is 15.4 Å². The lowest BCUT2D eigenvalue weighted by Gasteiger charge is -2.35. The van der Waals surface area contributed by atoms with Crippen LogP contribution in [0.5, 0.6) is 5.75 Å². The van der Waals surface area contributed by atoms with Gasteiger partial charge >= 0.3 is 0 Å². The van der Waals surface area contributed by atoms with Crippen LogP contribution in [0.15, 0.2) is 28.8 Å². The third kappa shape index (κ3) is 3.85. The third-order valence-electron chi connectivity index (χ3n) is 4.19. The zero-order valence-electron chi connectivity index (χ0n) is 14.5. The van der Waals surface area contributed by atoms with Crippen molar-refractivity contribution in [2.45, 2.75) is 25.9 Å². The molecule has 0 saturated carbocycles. The smallest absolute Gasteiger partial charge is 0.240 e. The Morgan fingerprint density at radius 2 is 2.00 bits per heavy atom. The van der Waals surface area contributed by atoms with E-state index in [1.807, 2.05) is 26.0 Å². The minimum Gasteiger partial charge on any atom is -0.497 e. The summed E-state index contributed by atoms with van der Waals surface area (Å²) < 4.78 is 10.6. The van der Waals surface area contributed by atoms with Gasteiger partial charge in [-0.2, -0.15) is 4.98 Å². The van der Waals surface area contributed by atoms with Crippen molar-refractivity contribution in [3.63, 3.8) is 0 Å². The lowest BCUT2D eigenvalue weighted by molar-refractivity contribution is 0.215. The number of ether oxygens (including phenoxy) is 1. The fourth-order valence-corrected chi connectivity index (χ4v) is 2.74. The largest absolute Gasteiger partial charge is 0.497 e. The second-order valence-corrected chi connectivity index (χ2v) is 6.70. The van der Waals surface area contributed by atoms with Crippen molar-refractivity contribution in [2.24, 2.45) is 5.73 Å². The Kier molecular flexibility index (Phi) is 4.73. The topological polar surface area (TPSA) is 80.7 Å². The van der Waals surface area contributed by atoms with E-state index in [4.69, 9.17) is 15.0 Å². The maximum atomic E-state index is 5.99. The highest BCUT2D eigenvalue weighted by molar-refractivity contribution is 5.51. The molecule has 0 spiro atoms. The minimum absolute atomic E-state index is 0.549. The Labute approximate surface area is 142 Å². The number of benzene rings is 1. The van der Waals surface area contributed by atoms with Gasteiger partial charge < -0.3 is 19.9 Å². The fraction of sp³-hybridized carbons (Fsp3) is 0.529.